The summed E-state index contributed by atoms with van der Waals surface area (Å²) in [6, 6.07) is 7.51. The second kappa shape index (κ2) is 10.1. The van der Waals surface area contributed by atoms with Gasteiger partial charge in [-0.3, -0.25) is 4.79 Å². The Hall–Kier alpha value is -2.40. The van der Waals surface area contributed by atoms with Crippen molar-refractivity contribution in [2.45, 2.75) is 31.3 Å². The van der Waals surface area contributed by atoms with Gasteiger partial charge >= 0.3 is 6.18 Å². The van der Waals surface area contributed by atoms with Crippen LogP contribution in [-0.2, 0) is 17.5 Å². The number of nitrogens with two attached hydrogens (primary N) is 1. The van der Waals surface area contributed by atoms with Gasteiger partial charge in [-0.25, -0.2) is 4.98 Å². The molecule has 0 unspecified atom stereocenters. The normalized spacial score (nSPS) is 19.0. The minimum Gasteiger partial charge on any atom is -0.439 e. The average molecular weight is 448 g/mol. The quantitative estimate of drug-likeness (QED) is 0.650. The number of pyridine rings is 1. The monoisotopic (exact) mass is 447 g/mol. The summed E-state index contributed by atoms with van der Waals surface area (Å²) in [6.07, 6.45) is -4.94. The summed E-state index contributed by atoms with van der Waals surface area (Å²) in [7, 11) is 0. The molecule has 3 rings (SSSR count). The number of amides is 1. The standard InChI is InChI=1S/C19H20F3N3O4.ClH/c20-19(21,22)16-6-11(9-23)7-17(25-16)29-13-3-1-2-12(8-13)18(27)24-14-10-28-5-4-15(14)26;/h1-3,6-8,14-15,26H,4-5,9-10,23H2,(H,24,27);1H/t14-,15-;/m0./s1. The maximum Gasteiger partial charge on any atom is 0.433 e. The highest BCUT2D eigenvalue weighted by molar-refractivity contribution is 5.94. The van der Waals surface area contributed by atoms with E-state index in [9.17, 15) is 23.1 Å². The molecule has 1 aliphatic rings. The first kappa shape index (κ1) is 23.9. The van der Waals surface area contributed by atoms with E-state index in [0.29, 0.717) is 13.0 Å². The first-order chi connectivity index (χ1) is 13.8. The lowest BCUT2D eigenvalue weighted by atomic mass is 10.1. The zero-order valence-corrected chi connectivity index (χ0v) is 16.5. The van der Waals surface area contributed by atoms with Crippen molar-refractivity contribution in [3.05, 3.63) is 53.2 Å². The van der Waals surface area contributed by atoms with Gasteiger partial charge in [0.15, 0.2) is 0 Å². The Morgan fingerprint density at radius 3 is 2.77 bits per heavy atom. The molecule has 2 atom stereocenters. The Morgan fingerprint density at radius 1 is 1.33 bits per heavy atom. The number of hydrogen-bond acceptors (Lipinski definition) is 6. The highest BCUT2D eigenvalue weighted by atomic mass is 35.5. The van der Waals surface area contributed by atoms with Crippen molar-refractivity contribution in [3.8, 4) is 11.6 Å². The number of halogens is 4. The number of rotatable bonds is 5. The van der Waals surface area contributed by atoms with Crippen molar-refractivity contribution in [3.63, 3.8) is 0 Å². The van der Waals surface area contributed by atoms with E-state index in [1.807, 2.05) is 0 Å². The minimum atomic E-state index is -4.64. The first-order valence-electron chi connectivity index (χ1n) is 8.89. The average Bonchev–Trinajstić information content (AvgIpc) is 2.69. The van der Waals surface area contributed by atoms with Crippen LogP contribution in [-0.4, -0.2) is 41.4 Å². The third-order valence-electron chi connectivity index (χ3n) is 4.34. The van der Waals surface area contributed by atoms with Crippen LogP contribution in [0.25, 0.3) is 0 Å². The number of nitrogens with one attached hydrogen (secondary N) is 1. The predicted molar refractivity (Wildman–Crippen MR) is 104 cm³/mol. The summed E-state index contributed by atoms with van der Waals surface area (Å²) in [6.45, 7) is 0.501. The molecule has 1 saturated heterocycles. The molecule has 7 nitrogen and oxygen atoms in total. The lowest BCUT2D eigenvalue weighted by Crippen LogP contribution is -2.49. The number of alkyl halides is 3. The van der Waals surface area contributed by atoms with Crippen LogP contribution in [0.5, 0.6) is 11.6 Å². The second-order valence-electron chi connectivity index (χ2n) is 6.54. The zero-order valence-electron chi connectivity index (χ0n) is 15.7. The molecule has 1 amide bonds. The van der Waals surface area contributed by atoms with Gasteiger partial charge in [-0.2, -0.15) is 13.2 Å². The molecule has 1 aromatic heterocycles. The second-order valence-corrected chi connectivity index (χ2v) is 6.54. The molecule has 2 heterocycles. The number of benzene rings is 1. The van der Waals surface area contributed by atoms with Gasteiger partial charge in [0.05, 0.1) is 18.8 Å². The maximum atomic E-state index is 13.0. The summed E-state index contributed by atoms with van der Waals surface area (Å²) in [4.78, 5) is 15.9. The number of aliphatic hydroxyl groups is 1. The van der Waals surface area contributed by atoms with Gasteiger partial charge in [0.1, 0.15) is 11.4 Å². The van der Waals surface area contributed by atoms with Crippen molar-refractivity contribution >= 4 is 18.3 Å². The number of nitrogens with zero attached hydrogens (tertiary/aromatic N) is 1. The highest BCUT2D eigenvalue weighted by Gasteiger charge is 2.33. The van der Waals surface area contributed by atoms with Gasteiger partial charge < -0.3 is 25.6 Å². The number of ether oxygens (including phenoxy) is 2. The maximum absolute atomic E-state index is 13.0. The number of hydrogen-bond donors (Lipinski definition) is 3. The lowest BCUT2D eigenvalue weighted by Gasteiger charge is -2.28. The molecule has 1 aliphatic heterocycles. The molecule has 1 fully saturated rings. The molecular formula is C19H21ClF3N3O4. The van der Waals surface area contributed by atoms with Gasteiger partial charge in [0.2, 0.25) is 5.88 Å². The van der Waals surface area contributed by atoms with Crippen molar-refractivity contribution < 1.29 is 32.5 Å². The third-order valence-corrected chi connectivity index (χ3v) is 4.34. The van der Waals surface area contributed by atoms with Gasteiger partial charge in [0, 0.05) is 24.8 Å². The summed E-state index contributed by atoms with van der Waals surface area (Å²) in [5, 5.41) is 12.6. The third kappa shape index (κ3) is 6.05. The molecule has 2 aromatic rings. The van der Waals surface area contributed by atoms with E-state index in [2.05, 4.69) is 10.3 Å². The van der Waals surface area contributed by atoms with Gasteiger partial charge in [-0.1, -0.05) is 6.07 Å². The zero-order chi connectivity index (χ0) is 21.0. The SMILES string of the molecule is Cl.NCc1cc(Oc2cccc(C(=O)N[C@H]3COCC[C@@H]3O)c2)nc(C(F)(F)F)c1. The van der Waals surface area contributed by atoms with E-state index < -0.39 is 29.9 Å². The van der Waals surface area contributed by atoms with Crippen LogP contribution in [0.15, 0.2) is 36.4 Å². The lowest BCUT2D eigenvalue weighted by molar-refractivity contribution is -0.141. The van der Waals surface area contributed by atoms with Crippen LogP contribution < -0.4 is 15.8 Å². The smallest absolute Gasteiger partial charge is 0.433 e. The van der Waals surface area contributed by atoms with E-state index in [1.54, 1.807) is 0 Å². The number of carbonyl (C=O) groups excluding carboxylic acids is 1. The molecule has 11 heteroatoms. The Labute approximate surface area is 176 Å². The van der Waals surface area contributed by atoms with Crippen molar-refractivity contribution in [1.82, 2.24) is 10.3 Å². The fourth-order valence-corrected chi connectivity index (χ4v) is 2.81. The van der Waals surface area contributed by atoms with E-state index in [-0.39, 0.29) is 48.3 Å². The Bertz CT molecular complexity index is 882. The molecule has 0 saturated carbocycles. The number of carbonyl (C=O) groups is 1. The van der Waals surface area contributed by atoms with Crippen LogP contribution in [0.2, 0.25) is 0 Å². The van der Waals surface area contributed by atoms with E-state index >= 15 is 0 Å². The molecule has 0 aliphatic carbocycles. The van der Waals surface area contributed by atoms with E-state index in [4.69, 9.17) is 15.2 Å². The van der Waals surface area contributed by atoms with Crippen molar-refractivity contribution in [2.24, 2.45) is 5.73 Å². The summed E-state index contributed by atoms with van der Waals surface area (Å²) in [5.74, 6) is -0.619. The molecule has 0 spiro atoms. The Morgan fingerprint density at radius 2 is 2.10 bits per heavy atom. The van der Waals surface area contributed by atoms with Crippen molar-refractivity contribution in [1.29, 1.82) is 0 Å². The largest absolute Gasteiger partial charge is 0.439 e. The molecule has 4 N–H and O–H groups in total. The summed E-state index contributed by atoms with van der Waals surface area (Å²) in [5.41, 5.74) is 4.76. The molecule has 164 valence electrons. The number of aliphatic hydroxyl groups excluding tert-OH is 1. The van der Waals surface area contributed by atoms with E-state index in [0.717, 1.165) is 6.07 Å². The first-order valence-corrected chi connectivity index (χ1v) is 8.89. The topological polar surface area (TPSA) is 107 Å². The van der Waals surface area contributed by atoms with Gasteiger partial charge in [0.25, 0.3) is 5.91 Å². The molecule has 30 heavy (non-hydrogen) atoms. The van der Waals surface area contributed by atoms with Gasteiger partial charge in [-0.15, -0.1) is 12.4 Å². The van der Waals surface area contributed by atoms with Crippen LogP contribution in [0.3, 0.4) is 0 Å². The molecular weight excluding hydrogens is 427 g/mol. The van der Waals surface area contributed by atoms with Crippen LogP contribution in [0, 0.1) is 0 Å². The molecule has 0 bridgehead atoms. The fourth-order valence-electron chi connectivity index (χ4n) is 2.81. The minimum absolute atomic E-state index is 0. The van der Waals surface area contributed by atoms with E-state index in [1.165, 1.54) is 30.3 Å². The molecule has 1 aromatic carbocycles. The highest BCUT2D eigenvalue weighted by Crippen LogP contribution is 2.31. The van der Waals surface area contributed by atoms with Crippen LogP contribution in [0.4, 0.5) is 13.2 Å². The van der Waals surface area contributed by atoms with Gasteiger partial charge in [-0.05, 0) is 36.2 Å². The molecule has 0 radical (unpaired) electrons. The number of aromatic nitrogens is 1. The summed E-state index contributed by atoms with van der Waals surface area (Å²) < 4.78 is 49.7. The predicted octanol–water partition coefficient (Wildman–Crippen LogP) is 2.65. The summed E-state index contributed by atoms with van der Waals surface area (Å²) >= 11 is 0. The Balaban J connectivity index is 0.00000320. The fraction of sp³-hybridized carbons (Fsp3) is 0.368. The van der Waals surface area contributed by atoms with Crippen molar-refractivity contribution in [2.75, 3.05) is 13.2 Å². The van der Waals surface area contributed by atoms with Crippen LogP contribution in [0.1, 0.15) is 28.0 Å². The Kier molecular flexibility index (Phi) is 8.02. The van der Waals surface area contributed by atoms with Crippen LogP contribution >= 0.6 is 12.4 Å².